The molecule has 1 saturated carbocycles. The molecule has 13 heavy (non-hydrogen) atoms. The van der Waals surface area contributed by atoms with Crippen LogP contribution in [0, 0.1) is 11.8 Å². The molecule has 0 saturated heterocycles. The van der Waals surface area contributed by atoms with E-state index in [1.165, 1.54) is 0 Å². The quantitative estimate of drug-likeness (QED) is 0.628. The van der Waals surface area contributed by atoms with Gasteiger partial charge in [0.2, 0.25) is 0 Å². The van der Waals surface area contributed by atoms with Crippen molar-refractivity contribution in [2.75, 3.05) is 6.61 Å². The Morgan fingerprint density at radius 2 is 2.31 bits per heavy atom. The van der Waals surface area contributed by atoms with Gasteiger partial charge in [-0.15, -0.1) is 0 Å². The van der Waals surface area contributed by atoms with E-state index in [0.717, 1.165) is 18.6 Å². The molecule has 2 N–H and O–H groups in total. The number of hydrogen-bond acceptors (Lipinski definition) is 3. The van der Waals surface area contributed by atoms with Gasteiger partial charge in [-0.3, -0.25) is 4.79 Å². The zero-order valence-corrected chi connectivity index (χ0v) is 8.08. The average molecular weight is 184 g/mol. The van der Waals surface area contributed by atoms with Gasteiger partial charge in [0.25, 0.3) is 5.91 Å². The normalized spacial score (nSPS) is 21.2. The second kappa shape index (κ2) is 4.37. The minimum Gasteiger partial charge on any atom is -0.386 e. The fraction of sp³-hybridized carbons (Fsp3) is 0.778. The van der Waals surface area contributed by atoms with Gasteiger partial charge in [0.05, 0.1) is 0 Å². The molecule has 0 aromatic heterocycles. The fourth-order valence-electron chi connectivity index (χ4n) is 1.28. The van der Waals surface area contributed by atoms with Crippen LogP contribution in [0.2, 0.25) is 0 Å². The average Bonchev–Trinajstić information content (AvgIpc) is 2.00. The third kappa shape index (κ3) is 2.81. The van der Waals surface area contributed by atoms with Crippen molar-refractivity contribution in [3.8, 4) is 0 Å². The first-order valence-corrected chi connectivity index (χ1v) is 4.58. The van der Waals surface area contributed by atoms with Crippen molar-refractivity contribution in [2.45, 2.75) is 26.7 Å². The number of rotatable bonds is 3. The van der Waals surface area contributed by atoms with Crippen LogP contribution >= 0.6 is 0 Å². The van der Waals surface area contributed by atoms with E-state index in [2.05, 4.69) is 24.4 Å². The summed E-state index contributed by atoms with van der Waals surface area (Å²) < 4.78 is 0. The molecule has 1 aliphatic rings. The Balaban J connectivity index is 2.23. The molecule has 0 aromatic carbocycles. The van der Waals surface area contributed by atoms with Gasteiger partial charge in [-0.2, -0.15) is 5.10 Å². The molecule has 0 radical (unpaired) electrons. The summed E-state index contributed by atoms with van der Waals surface area (Å²) in [6, 6.07) is 0. The number of aliphatic hydroxyl groups excluding tert-OH is 1. The van der Waals surface area contributed by atoms with E-state index in [0.29, 0.717) is 11.8 Å². The number of aliphatic hydroxyl groups is 1. The van der Waals surface area contributed by atoms with Gasteiger partial charge in [-0.05, 0) is 24.7 Å². The molecule has 0 heterocycles. The SMILES string of the molecule is CC(C)C1CC(=NNC(=O)CO)C1. The first kappa shape index (κ1) is 10.2. The van der Waals surface area contributed by atoms with Crippen LogP contribution in [0.25, 0.3) is 0 Å². The van der Waals surface area contributed by atoms with Crippen molar-refractivity contribution in [3.63, 3.8) is 0 Å². The van der Waals surface area contributed by atoms with Crippen LogP contribution in [0.3, 0.4) is 0 Å². The van der Waals surface area contributed by atoms with Crippen molar-refractivity contribution >= 4 is 11.6 Å². The predicted octanol–water partition coefficient (Wildman–Crippen LogP) is 0.517. The van der Waals surface area contributed by atoms with E-state index in [4.69, 9.17) is 5.11 Å². The Bertz CT molecular complexity index is 216. The maximum absolute atomic E-state index is 10.6. The monoisotopic (exact) mass is 184 g/mol. The summed E-state index contributed by atoms with van der Waals surface area (Å²) in [4.78, 5) is 10.6. The highest BCUT2D eigenvalue weighted by atomic mass is 16.3. The van der Waals surface area contributed by atoms with Crippen molar-refractivity contribution in [3.05, 3.63) is 0 Å². The van der Waals surface area contributed by atoms with Crippen LogP contribution in [0.1, 0.15) is 26.7 Å². The third-order valence-corrected chi connectivity index (χ3v) is 2.42. The summed E-state index contributed by atoms with van der Waals surface area (Å²) in [6.45, 7) is 3.88. The molecule has 1 fully saturated rings. The van der Waals surface area contributed by atoms with E-state index in [1.54, 1.807) is 0 Å². The van der Waals surface area contributed by atoms with Gasteiger partial charge >= 0.3 is 0 Å². The molecule has 0 unspecified atom stereocenters. The number of amides is 1. The van der Waals surface area contributed by atoms with Crippen LogP contribution in [0.4, 0.5) is 0 Å². The molecule has 4 heteroatoms. The van der Waals surface area contributed by atoms with Gasteiger partial charge < -0.3 is 5.11 Å². The molecule has 0 bridgehead atoms. The molecule has 0 atom stereocenters. The Hall–Kier alpha value is -0.900. The fourth-order valence-corrected chi connectivity index (χ4v) is 1.28. The lowest BCUT2D eigenvalue weighted by molar-refractivity contribution is -0.123. The minimum absolute atomic E-state index is 0.444. The number of carbonyl (C=O) groups is 1. The minimum atomic E-state index is -0.496. The number of nitrogens with one attached hydrogen (secondary N) is 1. The lowest BCUT2D eigenvalue weighted by Gasteiger charge is -2.30. The largest absolute Gasteiger partial charge is 0.386 e. The molecule has 0 spiro atoms. The van der Waals surface area contributed by atoms with E-state index < -0.39 is 12.5 Å². The molecule has 0 aromatic rings. The summed E-state index contributed by atoms with van der Waals surface area (Å²) in [5.41, 5.74) is 3.32. The van der Waals surface area contributed by atoms with Crippen molar-refractivity contribution in [2.24, 2.45) is 16.9 Å². The van der Waals surface area contributed by atoms with Crippen molar-refractivity contribution in [1.82, 2.24) is 5.43 Å². The van der Waals surface area contributed by atoms with E-state index in [9.17, 15) is 4.79 Å². The Kier molecular flexibility index (Phi) is 3.42. The molecule has 0 aliphatic heterocycles. The zero-order chi connectivity index (χ0) is 9.84. The first-order chi connectivity index (χ1) is 6.13. The lowest BCUT2D eigenvalue weighted by atomic mass is 9.76. The molecule has 4 nitrogen and oxygen atoms in total. The van der Waals surface area contributed by atoms with E-state index >= 15 is 0 Å². The van der Waals surface area contributed by atoms with Gasteiger partial charge in [0.1, 0.15) is 6.61 Å². The highest BCUT2D eigenvalue weighted by Gasteiger charge is 2.27. The van der Waals surface area contributed by atoms with Crippen molar-refractivity contribution < 1.29 is 9.90 Å². The van der Waals surface area contributed by atoms with E-state index in [-0.39, 0.29) is 0 Å². The van der Waals surface area contributed by atoms with E-state index in [1.807, 2.05) is 0 Å². The molecular formula is C9H16N2O2. The van der Waals surface area contributed by atoms with Gasteiger partial charge in [0.15, 0.2) is 0 Å². The third-order valence-electron chi connectivity index (χ3n) is 2.42. The van der Waals surface area contributed by atoms with Crippen LogP contribution in [0.5, 0.6) is 0 Å². The molecule has 1 aliphatic carbocycles. The number of hydrazone groups is 1. The maximum Gasteiger partial charge on any atom is 0.265 e. The summed E-state index contributed by atoms with van der Waals surface area (Å²) in [5, 5.41) is 12.3. The van der Waals surface area contributed by atoms with Gasteiger partial charge in [-0.1, -0.05) is 13.8 Å². The predicted molar refractivity (Wildman–Crippen MR) is 50.2 cm³/mol. The standard InChI is InChI=1S/C9H16N2O2/c1-6(2)7-3-8(4-7)10-11-9(13)5-12/h6-7,12H,3-5H2,1-2H3,(H,11,13). The summed E-state index contributed by atoms with van der Waals surface area (Å²) in [6.07, 6.45) is 1.95. The highest BCUT2D eigenvalue weighted by molar-refractivity contribution is 5.91. The molecule has 74 valence electrons. The van der Waals surface area contributed by atoms with Crippen LogP contribution < -0.4 is 5.43 Å². The summed E-state index contributed by atoms with van der Waals surface area (Å²) in [5.74, 6) is 0.956. The van der Waals surface area contributed by atoms with Gasteiger partial charge in [0, 0.05) is 5.71 Å². The highest BCUT2D eigenvalue weighted by Crippen LogP contribution is 2.30. The molecule has 1 amide bonds. The Morgan fingerprint density at radius 1 is 1.69 bits per heavy atom. The molecular weight excluding hydrogens is 168 g/mol. The zero-order valence-electron chi connectivity index (χ0n) is 8.08. The smallest absolute Gasteiger partial charge is 0.265 e. The number of carbonyl (C=O) groups excluding carboxylic acids is 1. The summed E-state index contributed by atoms with van der Waals surface area (Å²) in [7, 11) is 0. The Labute approximate surface area is 78.0 Å². The molecule has 1 rings (SSSR count). The number of hydrogen-bond donors (Lipinski definition) is 2. The maximum atomic E-state index is 10.6. The lowest BCUT2D eigenvalue weighted by Crippen LogP contribution is -2.31. The Morgan fingerprint density at radius 3 is 2.77 bits per heavy atom. The topological polar surface area (TPSA) is 61.7 Å². The van der Waals surface area contributed by atoms with Gasteiger partial charge in [-0.25, -0.2) is 5.43 Å². The van der Waals surface area contributed by atoms with Crippen LogP contribution in [0.15, 0.2) is 5.10 Å². The van der Waals surface area contributed by atoms with Crippen LogP contribution in [-0.2, 0) is 4.79 Å². The second-order valence-electron chi connectivity index (χ2n) is 3.78. The van der Waals surface area contributed by atoms with Crippen molar-refractivity contribution in [1.29, 1.82) is 0 Å². The second-order valence-corrected chi connectivity index (χ2v) is 3.78. The van der Waals surface area contributed by atoms with Crippen LogP contribution in [-0.4, -0.2) is 23.3 Å². The summed E-state index contributed by atoms with van der Waals surface area (Å²) >= 11 is 0. The first-order valence-electron chi connectivity index (χ1n) is 4.58. The number of nitrogens with zero attached hydrogens (tertiary/aromatic N) is 1.